The fraction of sp³-hybridized carbons (Fsp3) is 0.0526. The molecule has 1 N–H and O–H groups in total. The molecule has 4 aromatic rings. The van der Waals surface area contributed by atoms with Gasteiger partial charge >= 0.3 is 0 Å². The number of benzene rings is 2. The predicted molar refractivity (Wildman–Crippen MR) is 95.3 cm³/mol. The van der Waals surface area contributed by atoms with Gasteiger partial charge in [-0.3, -0.25) is 4.79 Å². The maximum absolute atomic E-state index is 12.9. The Labute approximate surface area is 148 Å². The van der Waals surface area contributed by atoms with Crippen molar-refractivity contribution in [2.24, 2.45) is 0 Å². The molecule has 128 valence electrons. The molecule has 0 atom stereocenters. The fourth-order valence-corrected chi connectivity index (χ4v) is 2.58. The summed E-state index contributed by atoms with van der Waals surface area (Å²) in [6.07, 6.45) is 0. The first-order chi connectivity index (χ1) is 12.6. The Hall–Kier alpha value is -3.61. The van der Waals surface area contributed by atoms with Gasteiger partial charge in [0.15, 0.2) is 11.5 Å². The minimum atomic E-state index is -0.376. The van der Waals surface area contributed by atoms with Crippen molar-refractivity contribution in [2.45, 2.75) is 6.92 Å². The lowest BCUT2D eigenvalue weighted by Gasteiger charge is -2.07. The fourth-order valence-electron chi connectivity index (χ4n) is 2.58. The van der Waals surface area contributed by atoms with Crippen molar-refractivity contribution in [3.63, 3.8) is 0 Å². The molecule has 0 unspecified atom stereocenters. The zero-order chi connectivity index (χ0) is 18.1. The number of rotatable bonds is 3. The van der Waals surface area contributed by atoms with Gasteiger partial charge in [0.05, 0.1) is 5.69 Å². The summed E-state index contributed by atoms with van der Waals surface area (Å²) in [5.74, 6) is 0.0427. The molecule has 0 aliphatic rings. The number of halogens is 1. The second-order valence-corrected chi connectivity index (χ2v) is 5.77. The lowest BCUT2D eigenvalue weighted by molar-refractivity contribution is 0.102. The topological polar surface area (TPSA) is 72.2 Å². The van der Waals surface area contributed by atoms with E-state index in [4.69, 9.17) is 0 Å². The molecule has 26 heavy (non-hydrogen) atoms. The van der Waals surface area contributed by atoms with Crippen molar-refractivity contribution in [1.82, 2.24) is 19.8 Å². The van der Waals surface area contributed by atoms with Crippen molar-refractivity contribution in [2.75, 3.05) is 5.32 Å². The van der Waals surface area contributed by atoms with Gasteiger partial charge in [0.1, 0.15) is 5.82 Å². The molecular formula is C19H14FN5O. The highest BCUT2D eigenvalue weighted by molar-refractivity contribution is 6.04. The molecule has 0 saturated heterocycles. The lowest BCUT2D eigenvalue weighted by atomic mass is 10.1. The summed E-state index contributed by atoms with van der Waals surface area (Å²) in [6, 6.07) is 16.5. The zero-order valence-corrected chi connectivity index (χ0v) is 13.8. The number of nitrogens with zero attached hydrogens (tertiary/aromatic N) is 4. The highest BCUT2D eigenvalue weighted by atomic mass is 19.1. The van der Waals surface area contributed by atoms with Crippen LogP contribution >= 0.6 is 0 Å². The van der Waals surface area contributed by atoms with Crippen LogP contribution in [-0.2, 0) is 0 Å². The van der Waals surface area contributed by atoms with E-state index in [1.165, 1.54) is 24.3 Å². The van der Waals surface area contributed by atoms with Crippen LogP contribution in [0.1, 0.15) is 16.2 Å². The molecule has 2 heterocycles. The first-order valence-corrected chi connectivity index (χ1v) is 7.96. The third kappa shape index (κ3) is 3.02. The normalized spacial score (nSPS) is 10.8. The van der Waals surface area contributed by atoms with Crippen molar-refractivity contribution < 1.29 is 9.18 Å². The number of fused-ring (bicyclic) bond motifs is 1. The molecule has 0 aliphatic carbocycles. The van der Waals surface area contributed by atoms with Gasteiger partial charge in [0, 0.05) is 16.8 Å². The molecule has 2 aromatic carbocycles. The van der Waals surface area contributed by atoms with E-state index in [1.807, 2.05) is 31.2 Å². The number of aromatic nitrogens is 4. The van der Waals surface area contributed by atoms with Crippen LogP contribution in [0.2, 0.25) is 0 Å². The maximum Gasteiger partial charge on any atom is 0.255 e. The van der Waals surface area contributed by atoms with Gasteiger partial charge in [0.25, 0.3) is 5.91 Å². The molecule has 4 rings (SSSR count). The molecule has 0 saturated carbocycles. The summed E-state index contributed by atoms with van der Waals surface area (Å²) in [5.41, 5.74) is 3.40. The molecule has 0 fully saturated rings. The molecule has 0 spiro atoms. The molecule has 0 radical (unpaired) electrons. The number of aryl methyl sites for hydroxylation is 1. The number of nitrogens with one attached hydrogen (secondary N) is 1. The van der Waals surface area contributed by atoms with Crippen molar-refractivity contribution >= 4 is 17.2 Å². The highest BCUT2D eigenvalue weighted by Crippen LogP contribution is 2.20. The highest BCUT2D eigenvalue weighted by Gasteiger charge is 2.08. The van der Waals surface area contributed by atoms with Gasteiger partial charge in [0.2, 0.25) is 0 Å². The number of hydrogen-bond acceptors (Lipinski definition) is 4. The molecule has 0 aliphatic heterocycles. The van der Waals surface area contributed by atoms with E-state index in [2.05, 4.69) is 20.6 Å². The van der Waals surface area contributed by atoms with E-state index in [-0.39, 0.29) is 11.7 Å². The summed E-state index contributed by atoms with van der Waals surface area (Å²) in [5, 5.41) is 15.3. The Bertz CT molecular complexity index is 1090. The largest absolute Gasteiger partial charge is 0.322 e. The smallest absolute Gasteiger partial charge is 0.255 e. The molecule has 7 heteroatoms. The van der Waals surface area contributed by atoms with Crippen LogP contribution in [0, 0.1) is 12.7 Å². The summed E-state index contributed by atoms with van der Waals surface area (Å²) < 4.78 is 14.6. The molecule has 0 bridgehead atoms. The van der Waals surface area contributed by atoms with E-state index in [9.17, 15) is 9.18 Å². The minimum Gasteiger partial charge on any atom is -0.322 e. The summed E-state index contributed by atoms with van der Waals surface area (Å²) in [4.78, 5) is 12.2. The van der Waals surface area contributed by atoms with Crippen LogP contribution < -0.4 is 5.32 Å². The predicted octanol–water partition coefficient (Wildman–Crippen LogP) is 3.49. The third-order valence-corrected chi connectivity index (χ3v) is 3.96. The monoisotopic (exact) mass is 347 g/mol. The van der Waals surface area contributed by atoms with Crippen LogP contribution in [0.4, 0.5) is 10.1 Å². The molecule has 2 aromatic heterocycles. The second kappa shape index (κ2) is 6.36. The van der Waals surface area contributed by atoms with Crippen molar-refractivity contribution in [3.05, 3.63) is 77.9 Å². The van der Waals surface area contributed by atoms with E-state index in [0.717, 1.165) is 11.3 Å². The Morgan fingerprint density at radius 2 is 1.69 bits per heavy atom. The summed E-state index contributed by atoms with van der Waals surface area (Å²) >= 11 is 0. The van der Waals surface area contributed by atoms with Crippen LogP contribution in [0.25, 0.3) is 16.9 Å². The van der Waals surface area contributed by atoms with Crippen LogP contribution in [0.5, 0.6) is 0 Å². The Kier molecular flexibility index (Phi) is 3.89. The van der Waals surface area contributed by atoms with Crippen molar-refractivity contribution in [3.8, 4) is 11.3 Å². The average molecular weight is 347 g/mol. The van der Waals surface area contributed by atoms with E-state index in [0.29, 0.717) is 22.7 Å². The van der Waals surface area contributed by atoms with Crippen molar-refractivity contribution in [1.29, 1.82) is 0 Å². The third-order valence-electron chi connectivity index (χ3n) is 3.96. The van der Waals surface area contributed by atoms with E-state index >= 15 is 0 Å². The average Bonchev–Trinajstić information content (AvgIpc) is 3.03. The number of hydrogen-bond donors (Lipinski definition) is 1. The maximum atomic E-state index is 12.9. The zero-order valence-electron chi connectivity index (χ0n) is 13.8. The van der Waals surface area contributed by atoms with Gasteiger partial charge in [-0.05, 0) is 55.5 Å². The summed E-state index contributed by atoms with van der Waals surface area (Å²) in [7, 11) is 0. The first kappa shape index (κ1) is 15.9. The number of amides is 1. The number of carbonyl (C=O) groups excluding carboxylic acids is 1. The Morgan fingerprint density at radius 1 is 0.962 bits per heavy atom. The Balaban J connectivity index is 1.55. The number of carbonyl (C=O) groups is 1. The standard InChI is InChI=1S/C19H14FN5O/c1-12-22-23-18-11-10-17(24-25(12)18)13-4-8-16(9-5-13)21-19(26)14-2-6-15(20)7-3-14/h2-11H,1H3,(H,21,26). The second-order valence-electron chi connectivity index (χ2n) is 5.77. The van der Waals surface area contributed by atoms with Gasteiger partial charge < -0.3 is 5.32 Å². The van der Waals surface area contributed by atoms with Gasteiger partial charge in [-0.1, -0.05) is 12.1 Å². The van der Waals surface area contributed by atoms with Gasteiger partial charge in [-0.25, -0.2) is 4.39 Å². The summed E-state index contributed by atoms with van der Waals surface area (Å²) in [6.45, 7) is 1.84. The number of anilines is 1. The molecule has 6 nitrogen and oxygen atoms in total. The SMILES string of the molecule is Cc1nnc2ccc(-c3ccc(NC(=O)c4ccc(F)cc4)cc3)nn12. The van der Waals surface area contributed by atoms with Crippen LogP contribution in [-0.4, -0.2) is 25.7 Å². The molecule has 1 amide bonds. The van der Waals surface area contributed by atoms with E-state index < -0.39 is 0 Å². The minimum absolute atomic E-state index is 0.294. The lowest BCUT2D eigenvalue weighted by Crippen LogP contribution is -2.11. The van der Waals surface area contributed by atoms with Gasteiger partial charge in [-0.2, -0.15) is 9.61 Å². The van der Waals surface area contributed by atoms with Crippen LogP contribution in [0.3, 0.4) is 0 Å². The van der Waals surface area contributed by atoms with Gasteiger partial charge in [-0.15, -0.1) is 10.2 Å². The van der Waals surface area contributed by atoms with E-state index in [1.54, 1.807) is 16.6 Å². The van der Waals surface area contributed by atoms with Crippen LogP contribution in [0.15, 0.2) is 60.7 Å². The Morgan fingerprint density at radius 3 is 2.42 bits per heavy atom. The quantitative estimate of drug-likeness (QED) is 0.616. The first-order valence-electron chi connectivity index (χ1n) is 7.96. The molecular weight excluding hydrogens is 333 g/mol.